The topological polar surface area (TPSA) is 59.3 Å². The van der Waals surface area contributed by atoms with Gasteiger partial charge in [0.05, 0.1) is 17.0 Å². The first kappa shape index (κ1) is 18.2. The van der Waals surface area contributed by atoms with Crippen molar-refractivity contribution in [2.45, 2.75) is 32.2 Å². The van der Waals surface area contributed by atoms with Crippen LogP contribution in [0, 0.1) is 9.49 Å². The van der Waals surface area contributed by atoms with Crippen molar-refractivity contribution in [1.82, 2.24) is 0 Å². The van der Waals surface area contributed by atoms with Gasteiger partial charge in [0.1, 0.15) is 0 Å². The van der Waals surface area contributed by atoms with Gasteiger partial charge in [-0.1, -0.05) is 48.9 Å². The lowest BCUT2D eigenvalue weighted by atomic mass is 9.77. The highest BCUT2D eigenvalue weighted by Crippen LogP contribution is 2.40. The molecular formula is C22H20INO3. The number of carbonyl (C=O) groups excluding carboxylic acids is 1. The standard InChI is InChI=1S/C22H20INO3/c1-13(25)18-16-11-6-12-17(23)19(16)22(26)27-21(18)24-20(15-9-5-10-15)14-7-3-2-4-8-14/h2-4,6-8,11-12,15,20,24H,5,9-10H2,1H3/t20-/m1/s1. The van der Waals surface area contributed by atoms with Gasteiger partial charge < -0.3 is 9.73 Å². The summed E-state index contributed by atoms with van der Waals surface area (Å²) in [5.41, 5.74) is 1.17. The van der Waals surface area contributed by atoms with E-state index in [2.05, 4.69) is 40.0 Å². The van der Waals surface area contributed by atoms with Crippen molar-refractivity contribution in [1.29, 1.82) is 0 Å². The van der Waals surface area contributed by atoms with Crippen molar-refractivity contribution in [3.05, 3.63) is 73.6 Å². The third-order valence-electron chi connectivity index (χ3n) is 5.33. The van der Waals surface area contributed by atoms with Crippen LogP contribution in [0.1, 0.15) is 48.1 Å². The monoisotopic (exact) mass is 473 g/mol. The second-order valence-electron chi connectivity index (χ2n) is 7.04. The summed E-state index contributed by atoms with van der Waals surface area (Å²) < 4.78 is 6.43. The molecule has 5 heteroatoms. The van der Waals surface area contributed by atoms with E-state index in [1.165, 1.54) is 13.3 Å². The van der Waals surface area contributed by atoms with Crippen LogP contribution >= 0.6 is 22.6 Å². The molecule has 1 aliphatic rings. The molecular weight excluding hydrogens is 453 g/mol. The summed E-state index contributed by atoms with van der Waals surface area (Å²) in [7, 11) is 0. The third kappa shape index (κ3) is 3.40. The van der Waals surface area contributed by atoms with Crippen molar-refractivity contribution in [2.75, 3.05) is 5.32 Å². The third-order valence-corrected chi connectivity index (χ3v) is 6.23. The van der Waals surface area contributed by atoms with Gasteiger partial charge in [-0.15, -0.1) is 0 Å². The van der Waals surface area contributed by atoms with Gasteiger partial charge in [0.15, 0.2) is 5.78 Å². The number of halogens is 1. The number of benzene rings is 2. The number of ketones is 1. The summed E-state index contributed by atoms with van der Waals surface area (Å²) in [6.07, 6.45) is 3.45. The highest BCUT2D eigenvalue weighted by molar-refractivity contribution is 14.1. The Hall–Kier alpha value is -2.15. The number of nitrogens with one attached hydrogen (secondary N) is 1. The average Bonchev–Trinajstić information content (AvgIpc) is 2.60. The van der Waals surface area contributed by atoms with Crippen LogP contribution < -0.4 is 10.9 Å². The van der Waals surface area contributed by atoms with Gasteiger partial charge >= 0.3 is 5.63 Å². The molecule has 2 aromatic carbocycles. The lowest BCUT2D eigenvalue weighted by molar-refractivity contribution is 0.101. The van der Waals surface area contributed by atoms with Gasteiger partial charge in [0.2, 0.25) is 5.88 Å². The molecule has 1 aromatic heterocycles. The van der Waals surface area contributed by atoms with Crippen LogP contribution in [0.3, 0.4) is 0 Å². The van der Waals surface area contributed by atoms with Crippen LogP contribution in [-0.4, -0.2) is 5.78 Å². The second kappa shape index (κ2) is 7.46. The van der Waals surface area contributed by atoms with Crippen LogP contribution in [0.2, 0.25) is 0 Å². The Balaban J connectivity index is 1.86. The summed E-state index contributed by atoms with van der Waals surface area (Å²) in [5, 5.41) is 4.52. The first-order valence-electron chi connectivity index (χ1n) is 9.14. The van der Waals surface area contributed by atoms with E-state index >= 15 is 0 Å². The molecule has 0 radical (unpaired) electrons. The number of anilines is 1. The van der Waals surface area contributed by atoms with Crippen LogP contribution in [-0.2, 0) is 0 Å². The number of carbonyl (C=O) groups is 1. The summed E-state index contributed by atoms with van der Waals surface area (Å²) in [6.45, 7) is 1.51. The maximum Gasteiger partial charge on any atom is 0.346 e. The predicted octanol–water partition coefficient (Wildman–Crippen LogP) is 5.55. The zero-order valence-corrected chi connectivity index (χ0v) is 17.2. The fourth-order valence-electron chi connectivity index (χ4n) is 3.76. The van der Waals surface area contributed by atoms with E-state index in [9.17, 15) is 9.59 Å². The van der Waals surface area contributed by atoms with E-state index in [1.54, 1.807) is 0 Å². The van der Waals surface area contributed by atoms with Gasteiger partial charge in [0, 0.05) is 8.96 Å². The summed E-state index contributed by atoms with van der Waals surface area (Å²) >= 11 is 2.10. The zero-order valence-electron chi connectivity index (χ0n) is 15.0. The number of hydrogen-bond donors (Lipinski definition) is 1. The molecule has 4 rings (SSSR count). The van der Waals surface area contributed by atoms with Crippen LogP contribution in [0.5, 0.6) is 0 Å². The molecule has 0 amide bonds. The fraction of sp³-hybridized carbons (Fsp3) is 0.273. The molecule has 1 atom stereocenters. The molecule has 0 bridgehead atoms. The maximum atomic E-state index is 12.6. The molecule has 0 unspecified atom stereocenters. The van der Waals surface area contributed by atoms with Crippen molar-refractivity contribution < 1.29 is 9.21 Å². The molecule has 0 spiro atoms. The molecule has 1 aliphatic carbocycles. The van der Waals surface area contributed by atoms with Crippen LogP contribution in [0.25, 0.3) is 10.8 Å². The van der Waals surface area contributed by atoms with Crippen molar-refractivity contribution in [3.63, 3.8) is 0 Å². The molecule has 0 saturated heterocycles. The van der Waals surface area contributed by atoms with Crippen LogP contribution in [0.15, 0.2) is 57.7 Å². The lowest BCUT2D eigenvalue weighted by Crippen LogP contribution is -2.27. The minimum atomic E-state index is -0.414. The molecule has 27 heavy (non-hydrogen) atoms. The molecule has 3 aromatic rings. The van der Waals surface area contributed by atoms with E-state index in [1.807, 2.05) is 36.4 Å². The zero-order chi connectivity index (χ0) is 19.0. The van der Waals surface area contributed by atoms with E-state index in [-0.39, 0.29) is 17.7 Å². The highest BCUT2D eigenvalue weighted by atomic mass is 127. The van der Waals surface area contributed by atoms with E-state index in [0.29, 0.717) is 22.3 Å². The quantitative estimate of drug-likeness (QED) is 0.390. The predicted molar refractivity (Wildman–Crippen MR) is 115 cm³/mol. The van der Waals surface area contributed by atoms with Gasteiger partial charge in [0.25, 0.3) is 0 Å². The first-order chi connectivity index (χ1) is 13.1. The molecule has 0 aliphatic heterocycles. The summed E-state index contributed by atoms with van der Waals surface area (Å²) in [5.74, 6) is 0.626. The molecule has 138 valence electrons. The highest BCUT2D eigenvalue weighted by Gasteiger charge is 2.30. The largest absolute Gasteiger partial charge is 0.405 e. The second-order valence-corrected chi connectivity index (χ2v) is 8.20. The van der Waals surface area contributed by atoms with Crippen LogP contribution in [0.4, 0.5) is 5.88 Å². The Morgan fingerprint density at radius 1 is 1.15 bits per heavy atom. The Bertz CT molecular complexity index is 1050. The number of rotatable bonds is 5. The fourth-order valence-corrected chi connectivity index (χ4v) is 4.47. The molecule has 4 nitrogen and oxygen atoms in total. The lowest BCUT2D eigenvalue weighted by Gasteiger charge is -2.35. The summed E-state index contributed by atoms with van der Waals surface area (Å²) in [4.78, 5) is 25.1. The number of fused-ring (bicyclic) bond motifs is 1. The van der Waals surface area contributed by atoms with E-state index in [4.69, 9.17) is 4.42 Å². The Morgan fingerprint density at radius 3 is 2.52 bits per heavy atom. The first-order valence-corrected chi connectivity index (χ1v) is 10.2. The molecule has 1 fully saturated rings. The van der Waals surface area contributed by atoms with Crippen molar-refractivity contribution in [2.24, 2.45) is 5.92 Å². The van der Waals surface area contributed by atoms with E-state index < -0.39 is 5.63 Å². The van der Waals surface area contributed by atoms with Gasteiger partial charge in [-0.25, -0.2) is 4.79 Å². The SMILES string of the molecule is CC(=O)c1c(N[C@H](c2ccccc2)C2CCC2)oc(=O)c2c(I)cccc12. The average molecular weight is 473 g/mol. The van der Waals surface area contributed by atoms with Crippen molar-refractivity contribution in [3.8, 4) is 0 Å². The smallest absolute Gasteiger partial charge is 0.346 e. The molecule has 1 N–H and O–H groups in total. The summed E-state index contributed by atoms with van der Waals surface area (Å²) in [6, 6.07) is 15.7. The van der Waals surface area contributed by atoms with Gasteiger partial charge in [-0.05, 0) is 59.9 Å². The number of Topliss-reactive ketones (excluding diaryl/α,β-unsaturated/α-hetero) is 1. The van der Waals surface area contributed by atoms with E-state index in [0.717, 1.165) is 22.0 Å². The molecule has 1 saturated carbocycles. The Morgan fingerprint density at radius 2 is 1.89 bits per heavy atom. The Labute approximate surface area is 171 Å². The Kier molecular flexibility index (Phi) is 5.04. The van der Waals surface area contributed by atoms with Crippen molar-refractivity contribution >= 4 is 45.0 Å². The minimum Gasteiger partial charge on any atom is -0.405 e. The normalized spacial score (nSPS) is 15.3. The van der Waals surface area contributed by atoms with Gasteiger partial charge in [-0.2, -0.15) is 0 Å². The molecule has 1 heterocycles. The van der Waals surface area contributed by atoms with Gasteiger partial charge in [-0.3, -0.25) is 4.79 Å². The minimum absolute atomic E-state index is 0.0152. The maximum absolute atomic E-state index is 12.6. The number of hydrogen-bond acceptors (Lipinski definition) is 4.